The van der Waals surface area contributed by atoms with Gasteiger partial charge in [-0.3, -0.25) is 14.0 Å². The second-order valence-corrected chi connectivity index (χ2v) is 6.49. The number of rotatable bonds is 4. The summed E-state index contributed by atoms with van der Waals surface area (Å²) >= 11 is 1.53. The highest BCUT2D eigenvalue weighted by Crippen LogP contribution is 2.18. The predicted molar refractivity (Wildman–Crippen MR) is 90.5 cm³/mol. The molecule has 3 heterocycles. The maximum atomic E-state index is 12.4. The average Bonchev–Trinajstić information content (AvgIpc) is 2.94. The number of pyridine rings is 1. The van der Waals surface area contributed by atoms with Crippen LogP contribution in [-0.2, 0) is 13.0 Å². The quantitative estimate of drug-likeness (QED) is 0.750. The van der Waals surface area contributed by atoms with Crippen molar-refractivity contribution in [3.8, 4) is 5.75 Å². The van der Waals surface area contributed by atoms with Crippen LogP contribution in [0.3, 0.4) is 0 Å². The number of aryl methyl sites for hydroxylation is 2. The van der Waals surface area contributed by atoms with Crippen LogP contribution in [0.15, 0.2) is 29.3 Å². The van der Waals surface area contributed by atoms with Crippen molar-refractivity contribution in [2.75, 3.05) is 0 Å². The Labute approximate surface area is 141 Å². The molecule has 8 heteroatoms. The number of thiazole rings is 1. The largest absolute Gasteiger partial charge is 0.504 e. The molecular weight excluding hydrogens is 328 g/mol. The highest BCUT2D eigenvalue weighted by Gasteiger charge is 2.15. The zero-order valence-corrected chi connectivity index (χ0v) is 14.1. The van der Waals surface area contributed by atoms with E-state index in [1.54, 1.807) is 0 Å². The van der Waals surface area contributed by atoms with Crippen LogP contribution >= 0.6 is 11.3 Å². The number of nitrogens with zero attached hydrogens (tertiary/aromatic N) is 3. The Morgan fingerprint density at radius 1 is 1.46 bits per heavy atom. The van der Waals surface area contributed by atoms with Gasteiger partial charge in [-0.05, 0) is 25.5 Å². The summed E-state index contributed by atoms with van der Waals surface area (Å²) < 4.78 is 1.15. The molecule has 7 nitrogen and oxygen atoms in total. The highest BCUT2D eigenvalue weighted by molar-refractivity contribution is 7.11. The van der Waals surface area contributed by atoms with Gasteiger partial charge in [-0.1, -0.05) is 6.92 Å². The fraction of sp³-hybridized carbons (Fsp3) is 0.250. The number of aromatic hydroxyl groups is 1. The summed E-state index contributed by atoms with van der Waals surface area (Å²) in [4.78, 5) is 34.1. The van der Waals surface area contributed by atoms with Crippen LogP contribution in [0.5, 0.6) is 5.75 Å². The number of nitrogens with one attached hydrogen (secondary N) is 1. The molecule has 3 rings (SSSR count). The minimum atomic E-state index is -0.524. The molecule has 0 aliphatic carbocycles. The van der Waals surface area contributed by atoms with Crippen molar-refractivity contribution in [3.63, 3.8) is 0 Å². The smallest absolute Gasteiger partial charge is 0.270 e. The van der Waals surface area contributed by atoms with Crippen LogP contribution in [-0.4, -0.2) is 25.4 Å². The second-order valence-electron chi connectivity index (χ2n) is 5.20. The van der Waals surface area contributed by atoms with E-state index in [0.29, 0.717) is 6.54 Å². The van der Waals surface area contributed by atoms with E-state index in [0.717, 1.165) is 26.4 Å². The number of carbonyl (C=O) groups excluding carboxylic acids is 1. The topological polar surface area (TPSA) is 96.6 Å². The highest BCUT2D eigenvalue weighted by atomic mass is 32.1. The molecule has 0 atom stereocenters. The molecule has 0 aromatic carbocycles. The molecule has 124 valence electrons. The number of aromatic nitrogens is 3. The van der Waals surface area contributed by atoms with Gasteiger partial charge in [0.05, 0.1) is 17.2 Å². The first-order valence-electron chi connectivity index (χ1n) is 7.44. The van der Waals surface area contributed by atoms with E-state index < -0.39 is 11.5 Å². The van der Waals surface area contributed by atoms with Crippen LogP contribution in [0.4, 0.5) is 0 Å². The minimum Gasteiger partial charge on any atom is -0.504 e. The monoisotopic (exact) mass is 344 g/mol. The summed E-state index contributed by atoms with van der Waals surface area (Å²) in [7, 11) is 0. The Kier molecular flexibility index (Phi) is 4.30. The summed E-state index contributed by atoms with van der Waals surface area (Å²) in [5, 5.41) is 13.4. The van der Waals surface area contributed by atoms with E-state index in [-0.39, 0.29) is 17.0 Å². The summed E-state index contributed by atoms with van der Waals surface area (Å²) in [5.74, 6) is -0.618. The van der Waals surface area contributed by atoms with Gasteiger partial charge in [-0.2, -0.15) is 0 Å². The third-order valence-electron chi connectivity index (χ3n) is 3.59. The van der Waals surface area contributed by atoms with Gasteiger partial charge in [0.2, 0.25) is 0 Å². The second kappa shape index (κ2) is 6.40. The molecule has 0 fully saturated rings. The summed E-state index contributed by atoms with van der Waals surface area (Å²) in [6.45, 7) is 4.24. The van der Waals surface area contributed by atoms with Crippen molar-refractivity contribution in [3.05, 3.63) is 56.0 Å². The summed E-state index contributed by atoms with van der Waals surface area (Å²) in [5.41, 5.74) is 0.475. The molecule has 0 bridgehead atoms. The first kappa shape index (κ1) is 16.1. The van der Waals surface area contributed by atoms with Gasteiger partial charge in [0.15, 0.2) is 11.4 Å². The van der Waals surface area contributed by atoms with Gasteiger partial charge < -0.3 is 10.4 Å². The zero-order valence-electron chi connectivity index (χ0n) is 13.2. The molecule has 0 saturated carbocycles. The van der Waals surface area contributed by atoms with E-state index in [1.807, 2.05) is 13.8 Å². The average molecular weight is 344 g/mol. The zero-order chi connectivity index (χ0) is 17.3. The molecule has 0 aliphatic rings. The number of hydrogen-bond acceptors (Lipinski definition) is 6. The van der Waals surface area contributed by atoms with Gasteiger partial charge in [0.1, 0.15) is 5.56 Å². The molecule has 0 aliphatic heterocycles. The Morgan fingerprint density at radius 2 is 2.25 bits per heavy atom. The third kappa shape index (κ3) is 2.88. The Bertz CT molecular complexity index is 977. The van der Waals surface area contributed by atoms with Gasteiger partial charge in [-0.15, -0.1) is 11.3 Å². The lowest BCUT2D eigenvalue weighted by Crippen LogP contribution is -2.31. The van der Waals surface area contributed by atoms with Gasteiger partial charge in [-0.25, -0.2) is 9.97 Å². The summed E-state index contributed by atoms with van der Waals surface area (Å²) in [6.07, 6.45) is 3.43. The van der Waals surface area contributed by atoms with Crippen molar-refractivity contribution in [2.24, 2.45) is 0 Å². The molecule has 0 unspecified atom stereocenters. The van der Waals surface area contributed by atoms with Gasteiger partial charge >= 0.3 is 0 Å². The molecule has 1 amide bonds. The molecule has 0 saturated heterocycles. The molecule has 0 spiro atoms. The number of fused-ring (bicyclic) bond motifs is 1. The fourth-order valence-corrected chi connectivity index (χ4v) is 3.39. The van der Waals surface area contributed by atoms with Crippen LogP contribution < -0.4 is 10.9 Å². The predicted octanol–water partition coefficient (Wildman–Crippen LogP) is 1.66. The van der Waals surface area contributed by atoms with Gasteiger partial charge in [0.25, 0.3) is 11.5 Å². The molecule has 3 aromatic rings. The molecule has 2 N–H and O–H groups in total. The van der Waals surface area contributed by atoms with Crippen LogP contribution in [0, 0.1) is 6.92 Å². The number of carbonyl (C=O) groups is 1. The van der Waals surface area contributed by atoms with E-state index in [2.05, 4.69) is 15.3 Å². The molecule has 24 heavy (non-hydrogen) atoms. The Balaban J connectivity index is 1.86. The minimum absolute atomic E-state index is 0.0719. The first-order chi connectivity index (χ1) is 11.5. The van der Waals surface area contributed by atoms with E-state index >= 15 is 0 Å². The molecule has 3 aromatic heterocycles. The van der Waals surface area contributed by atoms with Crippen molar-refractivity contribution in [1.29, 1.82) is 0 Å². The maximum absolute atomic E-state index is 12.4. The third-order valence-corrected chi connectivity index (χ3v) is 4.60. The molecule has 0 radical (unpaired) electrons. The standard InChI is InChI=1S/C16H16N4O3S/c1-3-11-13(24-9(2)19-11)8-18-15(22)10-7-17-14-12(21)5-4-6-20(14)16(10)23/h4-7,21H,3,8H2,1-2H3,(H,18,22). The number of amides is 1. The van der Waals surface area contributed by atoms with Gasteiger partial charge in [0, 0.05) is 17.3 Å². The van der Waals surface area contributed by atoms with Crippen molar-refractivity contribution in [2.45, 2.75) is 26.8 Å². The SMILES string of the molecule is CCc1nc(C)sc1CNC(=O)c1cnc2c(O)cccn2c1=O. The Morgan fingerprint density at radius 3 is 3.00 bits per heavy atom. The number of hydrogen-bond donors (Lipinski definition) is 2. The maximum Gasteiger partial charge on any atom is 0.270 e. The van der Waals surface area contributed by atoms with E-state index in [1.165, 1.54) is 35.9 Å². The normalized spacial score (nSPS) is 10.9. The van der Waals surface area contributed by atoms with Crippen molar-refractivity contribution >= 4 is 22.9 Å². The lowest BCUT2D eigenvalue weighted by atomic mass is 10.2. The van der Waals surface area contributed by atoms with Crippen molar-refractivity contribution in [1.82, 2.24) is 19.7 Å². The van der Waals surface area contributed by atoms with E-state index in [9.17, 15) is 14.7 Å². The fourth-order valence-electron chi connectivity index (χ4n) is 2.43. The van der Waals surface area contributed by atoms with Crippen LogP contribution in [0.25, 0.3) is 5.65 Å². The molecular formula is C16H16N4O3S. The Hall–Kier alpha value is -2.74. The van der Waals surface area contributed by atoms with E-state index in [4.69, 9.17) is 0 Å². The lowest BCUT2D eigenvalue weighted by molar-refractivity contribution is 0.0949. The van der Waals surface area contributed by atoms with Crippen LogP contribution in [0.2, 0.25) is 0 Å². The van der Waals surface area contributed by atoms with Crippen molar-refractivity contribution < 1.29 is 9.90 Å². The van der Waals surface area contributed by atoms with Crippen LogP contribution in [0.1, 0.15) is 32.9 Å². The summed E-state index contributed by atoms with van der Waals surface area (Å²) in [6, 6.07) is 2.95. The lowest BCUT2D eigenvalue weighted by Gasteiger charge is -2.06. The first-order valence-corrected chi connectivity index (χ1v) is 8.25.